The van der Waals surface area contributed by atoms with Gasteiger partial charge in [0.05, 0.1) is 0 Å². The van der Waals surface area contributed by atoms with Gasteiger partial charge in [0.25, 0.3) is 0 Å². The van der Waals surface area contributed by atoms with Crippen LogP contribution in [-0.2, 0) is 9.53 Å². The SMILES string of the molecule is CC(NC(=N)N)OC(C)C(=O)O. The molecule has 0 aromatic heterocycles. The molecule has 0 heterocycles. The highest BCUT2D eigenvalue weighted by Gasteiger charge is 2.14. The van der Waals surface area contributed by atoms with E-state index in [4.69, 9.17) is 21.0 Å². The van der Waals surface area contributed by atoms with Crippen molar-refractivity contribution in [1.82, 2.24) is 5.32 Å². The van der Waals surface area contributed by atoms with E-state index in [1.165, 1.54) is 6.92 Å². The molecular weight excluding hydrogens is 162 g/mol. The van der Waals surface area contributed by atoms with Crippen LogP contribution in [0.4, 0.5) is 0 Å². The molecule has 0 saturated carbocycles. The molecule has 70 valence electrons. The first kappa shape index (κ1) is 10.7. The van der Waals surface area contributed by atoms with Gasteiger partial charge in [0.2, 0.25) is 0 Å². The van der Waals surface area contributed by atoms with Gasteiger partial charge in [-0.2, -0.15) is 0 Å². The smallest absolute Gasteiger partial charge is 0.332 e. The number of rotatable bonds is 4. The third-order valence-electron chi connectivity index (χ3n) is 1.11. The summed E-state index contributed by atoms with van der Waals surface area (Å²) in [5, 5.41) is 17.6. The van der Waals surface area contributed by atoms with Crippen molar-refractivity contribution in [3.63, 3.8) is 0 Å². The Hall–Kier alpha value is -1.30. The third-order valence-corrected chi connectivity index (χ3v) is 1.11. The number of carboxylic acid groups (broad SMARTS) is 1. The van der Waals surface area contributed by atoms with E-state index in [-0.39, 0.29) is 5.96 Å². The van der Waals surface area contributed by atoms with E-state index in [2.05, 4.69) is 5.32 Å². The van der Waals surface area contributed by atoms with Crippen LogP contribution < -0.4 is 11.1 Å². The maximum absolute atomic E-state index is 10.3. The average Bonchev–Trinajstić information content (AvgIpc) is 1.84. The van der Waals surface area contributed by atoms with E-state index < -0.39 is 18.3 Å². The van der Waals surface area contributed by atoms with Crippen molar-refractivity contribution in [1.29, 1.82) is 5.41 Å². The quantitative estimate of drug-likeness (QED) is 0.257. The van der Waals surface area contributed by atoms with E-state index in [1.807, 2.05) is 0 Å². The zero-order valence-corrected chi connectivity index (χ0v) is 7.00. The summed E-state index contributed by atoms with van der Waals surface area (Å²) in [5.41, 5.74) is 4.99. The summed E-state index contributed by atoms with van der Waals surface area (Å²) in [6.45, 7) is 2.97. The minimum absolute atomic E-state index is 0.250. The second-order valence-corrected chi connectivity index (χ2v) is 2.32. The molecule has 0 amide bonds. The monoisotopic (exact) mass is 175 g/mol. The normalized spacial score (nSPS) is 14.8. The molecule has 12 heavy (non-hydrogen) atoms. The molecule has 0 radical (unpaired) electrons. The lowest BCUT2D eigenvalue weighted by Gasteiger charge is -2.16. The number of hydrogen-bond acceptors (Lipinski definition) is 3. The van der Waals surface area contributed by atoms with Crippen LogP contribution in [0, 0.1) is 5.41 Å². The van der Waals surface area contributed by atoms with E-state index >= 15 is 0 Å². The molecule has 0 aromatic carbocycles. The molecule has 6 heteroatoms. The summed E-state index contributed by atoms with van der Waals surface area (Å²) < 4.78 is 4.89. The summed E-state index contributed by atoms with van der Waals surface area (Å²) in [5.74, 6) is -1.30. The van der Waals surface area contributed by atoms with Gasteiger partial charge in [-0.1, -0.05) is 0 Å². The molecule has 0 aliphatic carbocycles. The number of ether oxygens (including phenoxy) is 1. The second kappa shape index (κ2) is 4.55. The van der Waals surface area contributed by atoms with Gasteiger partial charge in [-0.3, -0.25) is 5.41 Å². The first-order valence-corrected chi connectivity index (χ1v) is 3.42. The summed E-state index contributed by atoms with van der Waals surface area (Å²) >= 11 is 0. The Morgan fingerprint density at radius 2 is 2.17 bits per heavy atom. The molecule has 0 fully saturated rings. The number of guanidine groups is 1. The third kappa shape index (κ3) is 4.51. The minimum Gasteiger partial charge on any atom is -0.479 e. The maximum atomic E-state index is 10.3. The molecule has 0 spiro atoms. The Morgan fingerprint density at radius 1 is 1.67 bits per heavy atom. The first-order chi connectivity index (χ1) is 5.43. The lowest BCUT2D eigenvalue weighted by atomic mass is 10.4. The molecule has 0 rings (SSSR count). The summed E-state index contributed by atoms with van der Waals surface area (Å²) in [6.07, 6.45) is -1.49. The highest BCUT2D eigenvalue weighted by Crippen LogP contribution is 1.94. The molecular formula is C6H13N3O3. The van der Waals surface area contributed by atoms with Crippen LogP contribution in [0.1, 0.15) is 13.8 Å². The van der Waals surface area contributed by atoms with Crippen LogP contribution in [0.2, 0.25) is 0 Å². The second-order valence-electron chi connectivity index (χ2n) is 2.32. The molecule has 0 aromatic rings. The molecule has 6 nitrogen and oxygen atoms in total. The van der Waals surface area contributed by atoms with E-state index in [1.54, 1.807) is 6.92 Å². The lowest BCUT2D eigenvalue weighted by Crippen LogP contribution is -2.41. The van der Waals surface area contributed by atoms with Crippen LogP contribution in [0.5, 0.6) is 0 Å². The van der Waals surface area contributed by atoms with E-state index in [0.29, 0.717) is 0 Å². The zero-order valence-electron chi connectivity index (χ0n) is 7.00. The average molecular weight is 175 g/mol. The molecule has 5 N–H and O–H groups in total. The number of aliphatic carboxylic acids is 1. The summed E-state index contributed by atoms with van der Waals surface area (Å²) in [6, 6.07) is 0. The Labute approximate surface area is 70.2 Å². The predicted octanol–water partition coefficient (Wildman–Crippen LogP) is -0.695. The standard InChI is InChI=1S/C6H13N3O3/c1-3(5(10)11)12-4(2)9-6(7)8/h3-4H,1-2H3,(H,10,11)(H4,7,8,9). The van der Waals surface area contributed by atoms with E-state index in [0.717, 1.165) is 0 Å². The Morgan fingerprint density at radius 3 is 2.50 bits per heavy atom. The molecule has 0 aliphatic heterocycles. The zero-order chi connectivity index (χ0) is 9.72. The van der Waals surface area contributed by atoms with Crippen molar-refractivity contribution in [2.24, 2.45) is 5.73 Å². The van der Waals surface area contributed by atoms with Crippen molar-refractivity contribution in [2.75, 3.05) is 0 Å². The van der Waals surface area contributed by atoms with Gasteiger partial charge >= 0.3 is 5.97 Å². The van der Waals surface area contributed by atoms with E-state index in [9.17, 15) is 4.79 Å². The van der Waals surface area contributed by atoms with Gasteiger partial charge < -0.3 is 20.9 Å². The van der Waals surface area contributed by atoms with Gasteiger partial charge in [-0.25, -0.2) is 4.79 Å². The number of nitrogens with one attached hydrogen (secondary N) is 2. The number of carboxylic acids is 1. The Balaban J connectivity index is 3.76. The van der Waals surface area contributed by atoms with Crippen molar-refractivity contribution in [3.8, 4) is 0 Å². The van der Waals surface area contributed by atoms with Gasteiger partial charge in [-0.05, 0) is 13.8 Å². The highest BCUT2D eigenvalue weighted by atomic mass is 16.5. The maximum Gasteiger partial charge on any atom is 0.332 e. The van der Waals surface area contributed by atoms with Crippen molar-refractivity contribution >= 4 is 11.9 Å². The minimum atomic E-state index is -1.05. The van der Waals surface area contributed by atoms with Crippen molar-refractivity contribution < 1.29 is 14.6 Å². The van der Waals surface area contributed by atoms with Gasteiger partial charge in [-0.15, -0.1) is 0 Å². The van der Waals surface area contributed by atoms with Gasteiger partial charge in [0.15, 0.2) is 12.1 Å². The first-order valence-electron chi connectivity index (χ1n) is 3.42. The fourth-order valence-corrected chi connectivity index (χ4v) is 0.617. The largest absolute Gasteiger partial charge is 0.479 e. The van der Waals surface area contributed by atoms with Crippen molar-refractivity contribution in [2.45, 2.75) is 26.2 Å². The van der Waals surface area contributed by atoms with Gasteiger partial charge in [0, 0.05) is 0 Å². The fourth-order valence-electron chi connectivity index (χ4n) is 0.617. The van der Waals surface area contributed by atoms with Crippen molar-refractivity contribution in [3.05, 3.63) is 0 Å². The molecule has 0 saturated heterocycles. The fraction of sp³-hybridized carbons (Fsp3) is 0.667. The molecule has 2 atom stereocenters. The van der Waals surface area contributed by atoms with Gasteiger partial charge in [0.1, 0.15) is 6.23 Å². The Kier molecular flexibility index (Phi) is 4.06. The molecule has 0 aliphatic rings. The number of hydrogen-bond donors (Lipinski definition) is 4. The van der Waals surface area contributed by atoms with Crippen LogP contribution in [-0.4, -0.2) is 29.4 Å². The Bertz CT molecular complexity index is 183. The molecule has 0 bridgehead atoms. The number of nitrogens with two attached hydrogens (primary N) is 1. The lowest BCUT2D eigenvalue weighted by molar-refractivity contribution is -0.152. The topological polar surface area (TPSA) is 108 Å². The van der Waals surface area contributed by atoms with Crippen LogP contribution in [0.15, 0.2) is 0 Å². The molecule has 2 unspecified atom stereocenters. The number of carbonyl (C=O) groups is 1. The van der Waals surface area contributed by atoms with Crippen LogP contribution >= 0.6 is 0 Å². The predicted molar refractivity (Wildman–Crippen MR) is 42.7 cm³/mol. The van der Waals surface area contributed by atoms with Crippen LogP contribution in [0.3, 0.4) is 0 Å². The van der Waals surface area contributed by atoms with Crippen LogP contribution in [0.25, 0.3) is 0 Å². The highest BCUT2D eigenvalue weighted by molar-refractivity contribution is 5.74. The summed E-state index contributed by atoms with van der Waals surface area (Å²) in [7, 11) is 0. The summed E-state index contributed by atoms with van der Waals surface area (Å²) in [4.78, 5) is 10.3.